The zero-order valence-electron chi connectivity index (χ0n) is 5.92. The van der Waals surface area contributed by atoms with Gasteiger partial charge < -0.3 is 25.2 Å². The minimum absolute atomic E-state index is 0.138. The van der Waals surface area contributed by atoms with Gasteiger partial charge in [0.1, 0.15) is 12.2 Å². The Balaban J connectivity index is 2.45. The van der Waals surface area contributed by atoms with Crippen molar-refractivity contribution < 1.29 is 25.2 Å². The SMILES string of the molecule is OCC[C@H]1O[C@@H](O)[C@H](O)[C@H]1O. The Bertz CT molecular complexity index is 128. The minimum Gasteiger partial charge on any atom is -0.396 e. The maximum atomic E-state index is 9.11. The van der Waals surface area contributed by atoms with Crippen LogP contribution in [0.15, 0.2) is 0 Å². The quantitative estimate of drug-likeness (QED) is 0.372. The fraction of sp³-hybridized carbons (Fsp3) is 1.00. The first-order chi connectivity index (χ1) is 5.16. The van der Waals surface area contributed by atoms with Crippen LogP contribution in [0.3, 0.4) is 0 Å². The monoisotopic (exact) mass is 164 g/mol. The average molecular weight is 164 g/mol. The van der Waals surface area contributed by atoms with E-state index in [4.69, 9.17) is 25.2 Å². The molecule has 1 rings (SSSR count). The molecule has 1 saturated heterocycles. The van der Waals surface area contributed by atoms with Crippen LogP contribution in [0.4, 0.5) is 0 Å². The molecule has 1 heterocycles. The zero-order chi connectivity index (χ0) is 8.43. The molecule has 0 aromatic heterocycles. The highest BCUT2D eigenvalue weighted by atomic mass is 16.6. The molecule has 0 spiro atoms. The van der Waals surface area contributed by atoms with Gasteiger partial charge in [-0.05, 0) is 6.42 Å². The second-order valence-corrected chi connectivity index (χ2v) is 2.56. The Labute approximate surface area is 63.8 Å². The molecule has 1 aliphatic heterocycles. The van der Waals surface area contributed by atoms with Crippen LogP contribution in [-0.4, -0.2) is 51.6 Å². The molecule has 0 aromatic carbocycles. The lowest BCUT2D eigenvalue weighted by molar-refractivity contribution is -0.129. The molecule has 0 saturated carbocycles. The molecule has 4 atom stereocenters. The van der Waals surface area contributed by atoms with Gasteiger partial charge >= 0.3 is 0 Å². The standard InChI is InChI=1S/C6H12O5/c7-2-1-3-4(8)5(9)6(10)11-3/h3-10H,1-2H2/t3-,4+,5-,6-/m1/s1. The summed E-state index contributed by atoms with van der Waals surface area (Å²) in [6, 6.07) is 0. The van der Waals surface area contributed by atoms with Crippen LogP contribution in [0.1, 0.15) is 6.42 Å². The third-order valence-corrected chi connectivity index (χ3v) is 1.75. The van der Waals surface area contributed by atoms with Crippen LogP contribution >= 0.6 is 0 Å². The maximum absolute atomic E-state index is 9.11. The van der Waals surface area contributed by atoms with Crippen molar-refractivity contribution >= 4 is 0 Å². The predicted octanol–water partition coefficient (Wildman–Crippen LogP) is -2.19. The molecule has 4 N–H and O–H groups in total. The third kappa shape index (κ3) is 1.69. The summed E-state index contributed by atoms with van der Waals surface area (Å²) in [6.45, 7) is -0.138. The highest BCUT2D eigenvalue weighted by molar-refractivity contribution is 4.85. The highest BCUT2D eigenvalue weighted by Crippen LogP contribution is 2.21. The van der Waals surface area contributed by atoms with Crippen molar-refractivity contribution in [3.63, 3.8) is 0 Å². The van der Waals surface area contributed by atoms with Gasteiger partial charge in [-0.1, -0.05) is 0 Å². The summed E-state index contributed by atoms with van der Waals surface area (Å²) in [5.74, 6) is 0. The van der Waals surface area contributed by atoms with E-state index in [0.717, 1.165) is 0 Å². The molecule has 11 heavy (non-hydrogen) atoms. The molecular weight excluding hydrogens is 152 g/mol. The lowest BCUT2D eigenvalue weighted by Gasteiger charge is -2.11. The van der Waals surface area contributed by atoms with Gasteiger partial charge in [-0.25, -0.2) is 0 Å². The lowest BCUT2D eigenvalue weighted by atomic mass is 10.1. The van der Waals surface area contributed by atoms with Gasteiger partial charge in [-0.2, -0.15) is 0 Å². The Morgan fingerprint density at radius 2 is 1.73 bits per heavy atom. The summed E-state index contributed by atoms with van der Waals surface area (Å²) in [6.07, 6.45) is -4.13. The van der Waals surface area contributed by atoms with Gasteiger partial charge in [0.25, 0.3) is 0 Å². The van der Waals surface area contributed by atoms with Gasteiger partial charge in [0.05, 0.1) is 6.10 Å². The molecular formula is C6H12O5. The Morgan fingerprint density at radius 1 is 1.09 bits per heavy atom. The second-order valence-electron chi connectivity index (χ2n) is 2.56. The molecule has 0 aliphatic carbocycles. The zero-order valence-corrected chi connectivity index (χ0v) is 5.92. The second kappa shape index (κ2) is 3.46. The van der Waals surface area contributed by atoms with Crippen LogP contribution in [0.2, 0.25) is 0 Å². The van der Waals surface area contributed by atoms with Gasteiger partial charge in [0.15, 0.2) is 6.29 Å². The fourth-order valence-corrected chi connectivity index (χ4v) is 1.09. The van der Waals surface area contributed by atoms with Gasteiger partial charge in [0.2, 0.25) is 0 Å². The van der Waals surface area contributed by atoms with Crippen molar-refractivity contribution in [2.45, 2.75) is 31.0 Å². The number of aliphatic hydroxyl groups is 4. The van der Waals surface area contributed by atoms with Crippen LogP contribution in [0.25, 0.3) is 0 Å². The van der Waals surface area contributed by atoms with Crippen LogP contribution < -0.4 is 0 Å². The summed E-state index contributed by atoms with van der Waals surface area (Å²) >= 11 is 0. The smallest absolute Gasteiger partial charge is 0.183 e. The van der Waals surface area contributed by atoms with E-state index < -0.39 is 24.6 Å². The first-order valence-corrected chi connectivity index (χ1v) is 3.47. The Morgan fingerprint density at radius 3 is 2.09 bits per heavy atom. The summed E-state index contributed by atoms with van der Waals surface area (Å²) in [7, 11) is 0. The van der Waals surface area contributed by atoms with Crippen molar-refractivity contribution in [1.29, 1.82) is 0 Å². The van der Waals surface area contributed by atoms with Crippen molar-refractivity contribution in [1.82, 2.24) is 0 Å². The van der Waals surface area contributed by atoms with Gasteiger partial charge in [0, 0.05) is 6.61 Å². The van der Waals surface area contributed by atoms with E-state index in [1.54, 1.807) is 0 Å². The van der Waals surface area contributed by atoms with E-state index in [2.05, 4.69) is 0 Å². The van der Waals surface area contributed by atoms with Crippen molar-refractivity contribution in [2.75, 3.05) is 6.61 Å². The van der Waals surface area contributed by atoms with Crippen LogP contribution in [-0.2, 0) is 4.74 Å². The molecule has 0 unspecified atom stereocenters. The maximum Gasteiger partial charge on any atom is 0.183 e. The topological polar surface area (TPSA) is 90.2 Å². The van der Waals surface area contributed by atoms with Crippen molar-refractivity contribution in [3.05, 3.63) is 0 Å². The van der Waals surface area contributed by atoms with Crippen LogP contribution in [0, 0.1) is 0 Å². The molecule has 0 amide bonds. The Hall–Kier alpha value is -0.200. The van der Waals surface area contributed by atoms with Crippen LogP contribution in [0.5, 0.6) is 0 Å². The molecule has 5 nitrogen and oxygen atoms in total. The van der Waals surface area contributed by atoms with Crippen molar-refractivity contribution in [2.24, 2.45) is 0 Å². The fourth-order valence-electron chi connectivity index (χ4n) is 1.09. The van der Waals surface area contributed by atoms with E-state index in [0.29, 0.717) is 0 Å². The minimum atomic E-state index is -1.33. The summed E-state index contributed by atoms with van der Waals surface area (Å²) in [5, 5.41) is 35.4. The molecule has 66 valence electrons. The predicted molar refractivity (Wildman–Crippen MR) is 34.6 cm³/mol. The van der Waals surface area contributed by atoms with E-state index >= 15 is 0 Å². The van der Waals surface area contributed by atoms with E-state index in [1.807, 2.05) is 0 Å². The first-order valence-electron chi connectivity index (χ1n) is 3.47. The van der Waals surface area contributed by atoms with E-state index in [9.17, 15) is 0 Å². The largest absolute Gasteiger partial charge is 0.396 e. The number of hydrogen-bond acceptors (Lipinski definition) is 5. The number of aliphatic hydroxyl groups excluding tert-OH is 4. The summed E-state index contributed by atoms with van der Waals surface area (Å²) < 4.78 is 4.72. The number of rotatable bonds is 2. The van der Waals surface area contributed by atoms with Gasteiger partial charge in [-0.3, -0.25) is 0 Å². The van der Waals surface area contributed by atoms with Crippen molar-refractivity contribution in [3.8, 4) is 0 Å². The molecule has 0 aromatic rings. The number of hydrogen-bond donors (Lipinski definition) is 4. The molecule has 1 fully saturated rings. The Kier molecular flexibility index (Phi) is 2.80. The lowest BCUT2D eigenvalue weighted by Crippen LogP contribution is -2.32. The molecule has 0 bridgehead atoms. The summed E-state index contributed by atoms with van der Waals surface area (Å²) in [4.78, 5) is 0. The average Bonchev–Trinajstić information content (AvgIpc) is 2.19. The highest BCUT2D eigenvalue weighted by Gasteiger charge is 2.40. The summed E-state index contributed by atoms with van der Waals surface area (Å²) in [5.41, 5.74) is 0. The molecule has 1 aliphatic rings. The number of ether oxygens (including phenoxy) is 1. The van der Waals surface area contributed by atoms with E-state index in [1.165, 1.54) is 0 Å². The van der Waals surface area contributed by atoms with E-state index in [-0.39, 0.29) is 13.0 Å². The molecule has 5 heteroatoms. The first kappa shape index (κ1) is 8.89. The van der Waals surface area contributed by atoms with Gasteiger partial charge in [-0.15, -0.1) is 0 Å². The molecule has 0 radical (unpaired) electrons. The normalized spacial score (nSPS) is 44.7. The third-order valence-electron chi connectivity index (χ3n) is 1.75.